The van der Waals surface area contributed by atoms with Crippen LogP contribution in [0.15, 0.2) is 42.5 Å². The van der Waals surface area contributed by atoms with Crippen molar-refractivity contribution in [2.75, 3.05) is 31.8 Å². The van der Waals surface area contributed by atoms with Crippen LogP contribution in [-0.2, 0) is 20.9 Å². The second-order valence-corrected chi connectivity index (χ2v) is 7.35. The maximum absolute atomic E-state index is 12.9. The molecule has 1 saturated heterocycles. The molecule has 2 aromatic carbocycles. The largest absolute Gasteiger partial charge is 0.486 e. The SMILES string of the molecule is COC(=O)Cn1c(C2CC(=O)N(c3ccc4c(c3)OCCO4)C2)nc2ccccc21. The van der Waals surface area contributed by atoms with E-state index in [4.69, 9.17) is 19.2 Å². The molecule has 8 heteroatoms. The topological polar surface area (TPSA) is 82.9 Å². The van der Waals surface area contributed by atoms with Crippen molar-refractivity contribution in [3.8, 4) is 11.5 Å². The molecular formula is C22H21N3O5. The summed E-state index contributed by atoms with van der Waals surface area (Å²) in [7, 11) is 1.36. The van der Waals surface area contributed by atoms with E-state index in [-0.39, 0.29) is 24.3 Å². The molecule has 2 aliphatic rings. The van der Waals surface area contributed by atoms with E-state index in [0.29, 0.717) is 37.7 Å². The van der Waals surface area contributed by atoms with Crippen molar-refractivity contribution in [2.45, 2.75) is 18.9 Å². The third-order valence-electron chi connectivity index (χ3n) is 5.53. The lowest BCUT2D eigenvalue weighted by molar-refractivity contribution is -0.141. The van der Waals surface area contributed by atoms with Gasteiger partial charge in [-0.15, -0.1) is 0 Å². The van der Waals surface area contributed by atoms with Crippen LogP contribution in [0.25, 0.3) is 11.0 Å². The van der Waals surface area contributed by atoms with Gasteiger partial charge in [-0.05, 0) is 24.3 Å². The van der Waals surface area contributed by atoms with Crippen LogP contribution < -0.4 is 14.4 Å². The third-order valence-corrected chi connectivity index (χ3v) is 5.53. The monoisotopic (exact) mass is 407 g/mol. The summed E-state index contributed by atoms with van der Waals surface area (Å²) in [5.41, 5.74) is 2.41. The Hall–Kier alpha value is -3.55. The molecule has 154 valence electrons. The molecule has 1 aromatic heterocycles. The average molecular weight is 407 g/mol. The van der Waals surface area contributed by atoms with E-state index in [1.54, 1.807) is 4.90 Å². The van der Waals surface area contributed by atoms with Crippen molar-refractivity contribution in [2.24, 2.45) is 0 Å². The van der Waals surface area contributed by atoms with Crippen LogP contribution in [0, 0.1) is 0 Å². The Kier molecular flexibility index (Phi) is 4.54. The molecule has 8 nitrogen and oxygen atoms in total. The van der Waals surface area contributed by atoms with Crippen molar-refractivity contribution in [1.29, 1.82) is 0 Å². The van der Waals surface area contributed by atoms with Gasteiger partial charge in [-0.25, -0.2) is 4.98 Å². The van der Waals surface area contributed by atoms with Gasteiger partial charge in [0, 0.05) is 30.6 Å². The number of carbonyl (C=O) groups is 2. The predicted octanol–water partition coefficient (Wildman–Crippen LogP) is 2.50. The van der Waals surface area contributed by atoms with E-state index in [1.165, 1.54) is 7.11 Å². The molecule has 1 atom stereocenters. The lowest BCUT2D eigenvalue weighted by Gasteiger charge is -2.22. The number of benzene rings is 2. The first-order valence-corrected chi connectivity index (χ1v) is 9.86. The molecule has 1 unspecified atom stereocenters. The normalized spacial score (nSPS) is 18.1. The summed E-state index contributed by atoms with van der Waals surface area (Å²) in [6.07, 6.45) is 0.318. The van der Waals surface area contributed by atoms with Crippen LogP contribution in [0.4, 0.5) is 5.69 Å². The Bertz CT molecular complexity index is 1140. The molecule has 0 radical (unpaired) electrons. The minimum Gasteiger partial charge on any atom is -0.486 e. The number of ether oxygens (including phenoxy) is 3. The number of anilines is 1. The Morgan fingerprint density at radius 1 is 1.17 bits per heavy atom. The minimum atomic E-state index is -0.354. The quantitative estimate of drug-likeness (QED) is 0.618. The lowest BCUT2D eigenvalue weighted by atomic mass is 10.1. The minimum absolute atomic E-state index is 0.00773. The number of carbonyl (C=O) groups excluding carboxylic acids is 2. The van der Waals surface area contributed by atoms with E-state index in [1.807, 2.05) is 47.0 Å². The van der Waals surface area contributed by atoms with E-state index in [9.17, 15) is 9.59 Å². The second-order valence-electron chi connectivity index (χ2n) is 7.35. The molecule has 30 heavy (non-hydrogen) atoms. The number of aromatic nitrogens is 2. The highest BCUT2D eigenvalue weighted by Gasteiger charge is 2.35. The number of hydrogen-bond donors (Lipinski definition) is 0. The van der Waals surface area contributed by atoms with Crippen LogP contribution in [0.1, 0.15) is 18.2 Å². The number of para-hydroxylation sites is 2. The van der Waals surface area contributed by atoms with Crippen LogP contribution >= 0.6 is 0 Å². The highest BCUT2D eigenvalue weighted by molar-refractivity contribution is 5.97. The number of methoxy groups -OCH3 is 1. The summed E-state index contributed by atoms with van der Waals surface area (Å²) in [5, 5.41) is 0. The third kappa shape index (κ3) is 3.14. The zero-order chi connectivity index (χ0) is 20.7. The number of esters is 1. The van der Waals surface area contributed by atoms with Crippen molar-refractivity contribution in [3.63, 3.8) is 0 Å². The van der Waals surface area contributed by atoms with Gasteiger partial charge < -0.3 is 23.7 Å². The van der Waals surface area contributed by atoms with Gasteiger partial charge in [0.1, 0.15) is 25.6 Å². The average Bonchev–Trinajstić information content (AvgIpc) is 3.34. The number of rotatable bonds is 4. The molecule has 0 N–H and O–H groups in total. The van der Waals surface area contributed by atoms with Crippen molar-refractivity contribution >= 4 is 28.6 Å². The first-order chi connectivity index (χ1) is 14.6. The summed E-state index contributed by atoms with van der Waals surface area (Å²) in [6.45, 7) is 1.54. The summed E-state index contributed by atoms with van der Waals surface area (Å²) in [4.78, 5) is 31.3. The van der Waals surface area contributed by atoms with Gasteiger partial charge in [0.05, 0.1) is 18.1 Å². The summed E-state index contributed by atoms with van der Waals surface area (Å²) >= 11 is 0. The molecule has 2 aliphatic heterocycles. The molecule has 3 heterocycles. The molecule has 0 aliphatic carbocycles. The van der Waals surface area contributed by atoms with E-state index < -0.39 is 0 Å². The van der Waals surface area contributed by atoms with Crippen molar-refractivity contribution < 1.29 is 23.8 Å². The molecule has 3 aromatic rings. The summed E-state index contributed by atoms with van der Waals surface area (Å²) in [5.74, 6) is 1.57. The Labute approximate surface area is 173 Å². The van der Waals surface area contributed by atoms with Gasteiger partial charge in [0.15, 0.2) is 11.5 Å². The maximum atomic E-state index is 12.9. The fourth-order valence-electron chi connectivity index (χ4n) is 4.10. The standard InChI is InChI=1S/C22H21N3O5/c1-28-21(27)13-25-17-5-3-2-4-16(17)23-22(25)14-10-20(26)24(12-14)15-6-7-18-19(11-15)30-9-8-29-18/h2-7,11,14H,8-10,12-13H2,1H3. The number of fused-ring (bicyclic) bond motifs is 2. The van der Waals surface area contributed by atoms with Gasteiger partial charge in [-0.1, -0.05) is 12.1 Å². The summed E-state index contributed by atoms with van der Waals surface area (Å²) in [6, 6.07) is 13.2. The number of nitrogens with zero attached hydrogens (tertiary/aromatic N) is 3. The zero-order valence-corrected chi connectivity index (χ0v) is 16.5. The van der Waals surface area contributed by atoms with E-state index >= 15 is 0 Å². The second kappa shape index (κ2) is 7.37. The van der Waals surface area contributed by atoms with Gasteiger partial charge in [-0.2, -0.15) is 0 Å². The molecule has 0 spiro atoms. The maximum Gasteiger partial charge on any atom is 0.325 e. The Balaban J connectivity index is 1.48. The summed E-state index contributed by atoms with van der Waals surface area (Å²) < 4.78 is 17.9. The highest BCUT2D eigenvalue weighted by Crippen LogP contribution is 2.38. The van der Waals surface area contributed by atoms with E-state index in [0.717, 1.165) is 22.5 Å². The zero-order valence-electron chi connectivity index (χ0n) is 16.5. The number of amides is 1. The van der Waals surface area contributed by atoms with Gasteiger partial charge in [-0.3, -0.25) is 9.59 Å². The predicted molar refractivity (Wildman–Crippen MR) is 109 cm³/mol. The fraction of sp³-hybridized carbons (Fsp3) is 0.318. The molecular weight excluding hydrogens is 386 g/mol. The first-order valence-electron chi connectivity index (χ1n) is 9.86. The van der Waals surface area contributed by atoms with Gasteiger partial charge in [0.2, 0.25) is 5.91 Å². The number of imidazole rings is 1. The van der Waals surface area contributed by atoms with Gasteiger partial charge in [0.25, 0.3) is 0 Å². The van der Waals surface area contributed by atoms with Gasteiger partial charge >= 0.3 is 5.97 Å². The fourth-order valence-corrected chi connectivity index (χ4v) is 4.10. The number of hydrogen-bond acceptors (Lipinski definition) is 6. The molecule has 1 fully saturated rings. The molecule has 0 saturated carbocycles. The Morgan fingerprint density at radius 3 is 2.80 bits per heavy atom. The molecule has 1 amide bonds. The molecule has 5 rings (SSSR count). The smallest absolute Gasteiger partial charge is 0.325 e. The van der Waals surface area contributed by atoms with Crippen LogP contribution in [0.5, 0.6) is 11.5 Å². The lowest BCUT2D eigenvalue weighted by Crippen LogP contribution is -2.25. The Morgan fingerprint density at radius 2 is 1.97 bits per heavy atom. The van der Waals surface area contributed by atoms with E-state index in [2.05, 4.69) is 0 Å². The first kappa shape index (κ1) is 18.5. The van der Waals surface area contributed by atoms with Crippen LogP contribution in [0.2, 0.25) is 0 Å². The van der Waals surface area contributed by atoms with Crippen LogP contribution in [-0.4, -0.2) is 48.3 Å². The van der Waals surface area contributed by atoms with Crippen molar-refractivity contribution in [3.05, 3.63) is 48.3 Å². The molecule has 0 bridgehead atoms. The highest BCUT2D eigenvalue weighted by atomic mass is 16.6. The van der Waals surface area contributed by atoms with Crippen LogP contribution in [0.3, 0.4) is 0 Å². The van der Waals surface area contributed by atoms with Crippen molar-refractivity contribution in [1.82, 2.24) is 9.55 Å².